The van der Waals surface area contributed by atoms with Gasteiger partial charge in [0.2, 0.25) is 5.75 Å². The van der Waals surface area contributed by atoms with Gasteiger partial charge in [-0.05, 0) is 47.9 Å². The van der Waals surface area contributed by atoms with Crippen molar-refractivity contribution in [1.29, 1.82) is 0 Å². The summed E-state index contributed by atoms with van der Waals surface area (Å²) in [5.74, 6) is 1.13. The van der Waals surface area contributed by atoms with Crippen molar-refractivity contribution in [1.82, 2.24) is 0 Å². The van der Waals surface area contributed by atoms with E-state index in [0.29, 0.717) is 17.1 Å². The van der Waals surface area contributed by atoms with Gasteiger partial charge in [-0.25, -0.2) is 0 Å². The zero-order valence-electron chi connectivity index (χ0n) is 19.2. The zero-order chi connectivity index (χ0) is 24.2. The fourth-order valence-electron chi connectivity index (χ4n) is 3.66. The summed E-state index contributed by atoms with van der Waals surface area (Å²) >= 11 is 1.67. The van der Waals surface area contributed by atoms with Crippen LogP contribution in [0.5, 0.6) is 28.7 Å². The topological polar surface area (TPSA) is 74.2 Å². The Morgan fingerprint density at radius 1 is 0.829 bits per heavy atom. The maximum atomic E-state index is 12.9. The first-order valence-electron chi connectivity index (χ1n) is 10.4. The van der Waals surface area contributed by atoms with Crippen LogP contribution in [0, 0.1) is 0 Å². The molecule has 8 heteroatoms. The summed E-state index contributed by atoms with van der Waals surface area (Å²) in [5, 5.41) is 11.3. The molecule has 1 N–H and O–H groups in total. The summed E-state index contributed by atoms with van der Waals surface area (Å²) in [7, 11) is 6.02. The van der Waals surface area contributed by atoms with Crippen molar-refractivity contribution in [2.75, 3.05) is 28.4 Å². The SMILES string of the molecule is COc1cc(OC)c(-c2cc3ccccc3s2)cc1C=CC(=O)c1cc(OC)c(O)c(OC)c1.[NaH]. The van der Waals surface area contributed by atoms with Crippen LogP contribution in [0.4, 0.5) is 0 Å². The average molecular weight is 501 g/mol. The summed E-state index contributed by atoms with van der Waals surface area (Å²) in [4.78, 5) is 14.0. The molecule has 0 radical (unpaired) electrons. The number of carbonyl (C=O) groups excluding carboxylic acids is 1. The monoisotopic (exact) mass is 500 g/mol. The Labute approximate surface area is 230 Å². The Morgan fingerprint density at radius 2 is 1.46 bits per heavy atom. The van der Waals surface area contributed by atoms with Crippen molar-refractivity contribution < 1.29 is 28.8 Å². The second kappa shape index (κ2) is 11.6. The standard InChI is InChI=1S/C27H24O6S.Na.H/c1-30-21-15-22(31-2)19(26-14-17-7-5-6-8-25(17)34-26)11-16(21)9-10-20(28)18-12-23(32-3)27(29)24(13-18)33-4;;/h5-15,29H,1-4H3;;. The van der Waals surface area contributed by atoms with Crippen molar-refractivity contribution >= 4 is 62.8 Å². The minimum absolute atomic E-state index is 0. The van der Waals surface area contributed by atoms with Gasteiger partial charge in [-0.1, -0.05) is 18.2 Å². The van der Waals surface area contributed by atoms with E-state index in [0.717, 1.165) is 21.4 Å². The molecule has 0 aliphatic heterocycles. The van der Waals surface area contributed by atoms with Gasteiger partial charge in [-0.15, -0.1) is 11.3 Å². The number of benzene rings is 3. The molecular weight excluding hydrogens is 475 g/mol. The molecule has 0 saturated carbocycles. The van der Waals surface area contributed by atoms with Crippen LogP contribution in [0.2, 0.25) is 0 Å². The number of rotatable bonds is 8. The molecule has 0 bridgehead atoms. The molecule has 4 rings (SSSR count). The first-order chi connectivity index (χ1) is 16.5. The molecular formula is C27H25NaO6S. The Balaban J connectivity index is 0.00000342. The summed E-state index contributed by atoms with van der Waals surface area (Å²) < 4.78 is 22.7. The molecule has 0 unspecified atom stereocenters. The van der Waals surface area contributed by atoms with E-state index in [-0.39, 0.29) is 52.6 Å². The molecule has 176 valence electrons. The van der Waals surface area contributed by atoms with Crippen LogP contribution in [-0.2, 0) is 0 Å². The summed E-state index contributed by atoms with van der Waals surface area (Å²) in [6, 6.07) is 17.0. The molecule has 0 fully saturated rings. The number of phenolic OH excluding ortho intramolecular Hbond substituents is 1. The summed E-state index contributed by atoms with van der Waals surface area (Å²) in [5.41, 5.74) is 1.95. The molecule has 4 aromatic rings. The zero-order valence-corrected chi connectivity index (χ0v) is 20.1. The second-order valence-corrected chi connectivity index (χ2v) is 8.45. The van der Waals surface area contributed by atoms with Crippen LogP contribution in [-0.4, -0.2) is 68.9 Å². The number of phenols is 1. The number of allylic oxidation sites excluding steroid dienone is 1. The molecule has 0 amide bonds. The van der Waals surface area contributed by atoms with Crippen molar-refractivity contribution in [3.63, 3.8) is 0 Å². The van der Waals surface area contributed by atoms with Crippen LogP contribution in [0.3, 0.4) is 0 Å². The number of hydrogen-bond acceptors (Lipinski definition) is 7. The van der Waals surface area contributed by atoms with Gasteiger partial charge in [-0.2, -0.15) is 0 Å². The van der Waals surface area contributed by atoms with Crippen LogP contribution >= 0.6 is 11.3 Å². The molecule has 6 nitrogen and oxygen atoms in total. The number of ether oxygens (including phenoxy) is 4. The Kier molecular flexibility index (Phi) is 8.86. The molecule has 1 aromatic heterocycles. The Morgan fingerprint density at radius 3 is 2.06 bits per heavy atom. The van der Waals surface area contributed by atoms with E-state index in [4.69, 9.17) is 18.9 Å². The van der Waals surface area contributed by atoms with Crippen molar-refractivity contribution in [2.24, 2.45) is 0 Å². The summed E-state index contributed by atoms with van der Waals surface area (Å²) in [6.07, 6.45) is 3.15. The van der Waals surface area contributed by atoms with Gasteiger partial charge in [0.1, 0.15) is 11.5 Å². The fraction of sp³-hybridized carbons (Fsp3) is 0.148. The predicted octanol–water partition coefficient (Wildman–Crippen LogP) is 5.56. The van der Waals surface area contributed by atoms with Crippen LogP contribution < -0.4 is 18.9 Å². The molecule has 1 heterocycles. The van der Waals surface area contributed by atoms with Crippen LogP contribution in [0.25, 0.3) is 26.6 Å². The fourth-order valence-corrected chi connectivity index (χ4v) is 4.74. The van der Waals surface area contributed by atoms with Gasteiger partial charge in [0.25, 0.3) is 0 Å². The van der Waals surface area contributed by atoms with Crippen molar-refractivity contribution in [3.05, 3.63) is 71.8 Å². The number of ketones is 1. The van der Waals surface area contributed by atoms with E-state index in [9.17, 15) is 9.90 Å². The number of hydrogen-bond donors (Lipinski definition) is 1. The van der Waals surface area contributed by atoms with E-state index in [1.165, 1.54) is 37.1 Å². The molecule has 0 aliphatic rings. The van der Waals surface area contributed by atoms with Gasteiger partial charge in [0.05, 0.1) is 28.4 Å². The summed E-state index contributed by atoms with van der Waals surface area (Å²) in [6.45, 7) is 0. The molecule has 0 spiro atoms. The van der Waals surface area contributed by atoms with Gasteiger partial charge in [0, 0.05) is 32.3 Å². The van der Waals surface area contributed by atoms with Crippen LogP contribution in [0.15, 0.2) is 60.7 Å². The quantitative estimate of drug-likeness (QED) is 0.194. The number of methoxy groups -OCH3 is 4. The molecule has 3 aromatic carbocycles. The molecule has 0 saturated heterocycles. The van der Waals surface area contributed by atoms with E-state index in [1.54, 1.807) is 31.6 Å². The Hall–Kier alpha value is -2.97. The number of fused-ring (bicyclic) bond motifs is 1. The van der Waals surface area contributed by atoms with Gasteiger partial charge in [0.15, 0.2) is 17.3 Å². The van der Waals surface area contributed by atoms with Gasteiger partial charge in [-0.3, -0.25) is 4.79 Å². The van der Waals surface area contributed by atoms with E-state index in [1.807, 2.05) is 24.3 Å². The third-order valence-electron chi connectivity index (χ3n) is 5.42. The first kappa shape index (κ1) is 26.6. The normalized spacial score (nSPS) is 10.7. The number of thiophene rings is 1. The third-order valence-corrected chi connectivity index (χ3v) is 6.57. The Bertz CT molecular complexity index is 1330. The van der Waals surface area contributed by atoms with Crippen molar-refractivity contribution in [3.8, 4) is 39.2 Å². The maximum absolute atomic E-state index is 12.9. The van der Waals surface area contributed by atoms with Crippen molar-refractivity contribution in [2.45, 2.75) is 0 Å². The van der Waals surface area contributed by atoms with Gasteiger partial charge >= 0.3 is 29.6 Å². The van der Waals surface area contributed by atoms with E-state index < -0.39 is 0 Å². The van der Waals surface area contributed by atoms with Crippen LogP contribution in [0.1, 0.15) is 15.9 Å². The predicted molar refractivity (Wildman–Crippen MR) is 142 cm³/mol. The van der Waals surface area contributed by atoms with E-state index >= 15 is 0 Å². The third kappa shape index (κ3) is 5.49. The van der Waals surface area contributed by atoms with E-state index in [2.05, 4.69) is 18.2 Å². The average Bonchev–Trinajstić information content (AvgIpc) is 3.31. The molecule has 0 atom stereocenters. The first-order valence-corrected chi connectivity index (χ1v) is 11.2. The molecule has 0 aliphatic carbocycles. The second-order valence-electron chi connectivity index (χ2n) is 7.37. The van der Waals surface area contributed by atoms with Gasteiger partial charge < -0.3 is 24.1 Å². The molecule has 35 heavy (non-hydrogen) atoms. The number of aromatic hydroxyl groups is 1. The minimum atomic E-state index is -0.280. The number of carbonyl (C=O) groups is 1.